The number of carbonyl (C=O) groups is 2. The molecule has 3 aliphatic rings. The molecule has 3 aliphatic heterocycles. The van der Waals surface area contributed by atoms with E-state index in [2.05, 4.69) is 58.6 Å². The molecule has 0 bridgehead atoms. The zero-order chi connectivity index (χ0) is 42.9. The Labute approximate surface area is 357 Å². The molecule has 6 rings (SSSR count). The zero-order valence-electron chi connectivity index (χ0n) is 37.4. The van der Waals surface area contributed by atoms with Crippen LogP contribution in [0.1, 0.15) is 48.2 Å². The largest absolute Gasteiger partial charge is 0.379 e. The van der Waals surface area contributed by atoms with Gasteiger partial charge in [0.25, 0.3) is 5.91 Å². The first kappa shape index (κ1) is 51.5. The molecule has 5 N–H and O–H groups in total. The number of carbonyl (C=O) groups excluding carboxylic acids is 2. The minimum absolute atomic E-state index is 0.156. The summed E-state index contributed by atoms with van der Waals surface area (Å²) in [6.07, 6.45) is 5.75. The number of likely N-dealkylation sites (tertiary alicyclic amines) is 1. The molecule has 13 heteroatoms. The Bertz CT molecular complexity index is 1390. The number of amides is 1. The number of hydrazine groups is 1. The molecule has 4 heterocycles. The molecule has 0 radical (unpaired) electrons. The summed E-state index contributed by atoms with van der Waals surface area (Å²) in [5, 5.41) is 14.6. The molecular weight excluding hydrogens is 741 g/mol. The van der Waals surface area contributed by atoms with Crippen molar-refractivity contribution in [2.24, 2.45) is 11.8 Å². The summed E-state index contributed by atoms with van der Waals surface area (Å²) in [7, 11) is 9.76. The first-order valence-corrected chi connectivity index (χ1v) is 21.6. The Morgan fingerprint density at radius 1 is 0.661 bits per heavy atom. The molecule has 2 aromatic carbocycles. The highest BCUT2D eigenvalue weighted by molar-refractivity contribution is 5.94. The van der Waals surface area contributed by atoms with Crippen molar-refractivity contribution in [1.82, 2.24) is 51.4 Å². The quantitative estimate of drug-likeness (QED) is 0.164. The number of nitrogens with one attached hydrogen (secondary N) is 5. The van der Waals surface area contributed by atoms with Crippen LogP contribution in [0, 0.1) is 11.8 Å². The topological polar surface area (TPSA) is 129 Å². The van der Waals surface area contributed by atoms with E-state index in [1.165, 1.54) is 11.1 Å². The predicted octanol–water partition coefficient (Wildman–Crippen LogP) is 3.47. The van der Waals surface area contributed by atoms with Gasteiger partial charge in [-0.25, -0.2) is 5.01 Å². The highest BCUT2D eigenvalue weighted by atomic mass is 16.5. The van der Waals surface area contributed by atoms with Crippen LogP contribution in [-0.4, -0.2) is 163 Å². The summed E-state index contributed by atoms with van der Waals surface area (Å²) in [4.78, 5) is 34.8. The van der Waals surface area contributed by atoms with Crippen molar-refractivity contribution < 1.29 is 14.3 Å². The van der Waals surface area contributed by atoms with Gasteiger partial charge in [0.15, 0.2) is 0 Å². The van der Waals surface area contributed by atoms with E-state index in [-0.39, 0.29) is 11.8 Å². The SMILES string of the molecule is CNCCN1CCC(C(=O)C(C)C)CC1.CNCCN1CCN(C(=O)c2ccccc2)CC1.CNCc1ccccc1.CNCc1cccnc1.CNN1CCOCC1. The van der Waals surface area contributed by atoms with Gasteiger partial charge < -0.3 is 35.8 Å². The van der Waals surface area contributed by atoms with Crippen LogP contribution in [0.15, 0.2) is 85.2 Å². The number of likely N-dealkylation sites (N-methyl/N-ethyl adjacent to an activating group) is 2. The zero-order valence-corrected chi connectivity index (χ0v) is 37.4. The minimum Gasteiger partial charge on any atom is -0.379 e. The van der Waals surface area contributed by atoms with Crippen molar-refractivity contribution in [2.75, 3.05) is 127 Å². The maximum absolute atomic E-state index is 12.2. The second-order valence-electron chi connectivity index (χ2n) is 15.1. The fourth-order valence-corrected chi connectivity index (χ4v) is 6.68. The first-order valence-electron chi connectivity index (χ1n) is 21.6. The monoisotopic (exact) mass is 819 g/mol. The lowest BCUT2D eigenvalue weighted by Crippen LogP contribution is -2.49. The van der Waals surface area contributed by atoms with E-state index in [0.29, 0.717) is 11.7 Å². The van der Waals surface area contributed by atoms with Crippen LogP contribution < -0.4 is 26.7 Å². The van der Waals surface area contributed by atoms with Gasteiger partial charge in [-0.05, 0) is 90.5 Å². The molecular formula is C46H78N10O3. The normalized spacial score (nSPS) is 16.2. The average molecular weight is 819 g/mol. The third-order valence-corrected chi connectivity index (χ3v) is 10.3. The van der Waals surface area contributed by atoms with Crippen molar-refractivity contribution >= 4 is 11.7 Å². The number of hydrogen-bond acceptors (Lipinski definition) is 12. The summed E-state index contributed by atoms with van der Waals surface area (Å²) in [5.41, 5.74) is 6.41. The lowest BCUT2D eigenvalue weighted by atomic mass is 9.87. The van der Waals surface area contributed by atoms with Crippen molar-refractivity contribution in [3.05, 3.63) is 102 Å². The van der Waals surface area contributed by atoms with Gasteiger partial charge in [0.05, 0.1) is 13.2 Å². The van der Waals surface area contributed by atoms with Gasteiger partial charge in [-0.3, -0.25) is 24.9 Å². The highest BCUT2D eigenvalue weighted by Gasteiger charge is 2.26. The molecule has 0 saturated carbocycles. The van der Waals surface area contributed by atoms with Crippen LogP contribution >= 0.6 is 0 Å². The number of ether oxygens (including phenoxy) is 1. The molecule has 330 valence electrons. The number of pyridine rings is 1. The highest BCUT2D eigenvalue weighted by Crippen LogP contribution is 2.21. The number of hydrogen-bond donors (Lipinski definition) is 5. The molecule has 59 heavy (non-hydrogen) atoms. The molecule has 1 amide bonds. The van der Waals surface area contributed by atoms with E-state index in [9.17, 15) is 9.59 Å². The summed E-state index contributed by atoms with van der Waals surface area (Å²) in [5.74, 6) is 1.15. The molecule has 3 saturated heterocycles. The molecule has 1 aromatic heterocycles. The van der Waals surface area contributed by atoms with E-state index < -0.39 is 0 Å². The second-order valence-corrected chi connectivity index (χ2v) is 15.1. The number of aromatic nitrogens is 1. The number of benzene rings is 2. The lowest BCUT2D eigenvalue weighted by molar-refractivity contribution is -0.127. The van der Waals surface area contributed by atoms with Gasteiger partial charge in [-0.15, -0.1) is 0 Å². The number of piperazine rings is 1. The second kappa shape index (κ2) is 33.1. The average Bonchev–Trinajstić information content (AvgIpc) is 3.30. The van der Waals surface area contributed by atoms with E-state index in [0.717, 1.165) is 123 Å². The van der Waals surface area contributed by atoms with Crippen molar-refractivity contribution in [2.45, 2.75) is 39.8 Å². The summed E-state index contributed by atoms with van der Waals surface area (Å²) < 4.78 is 5.12. The fourth-order valence-electron chi connectivity index (χ4n) is 6.68. The Balaban J connectivity index is 0.000000264. The van der Waals surface area contributed by atoms with E-state index in [1.54, 1.807) is 6.20 Å². The number of nitrogens with zero attached hydrogens (tertiary/aromatic N) is 5. The number of Topliss-reactive ketones (excluding diaryl/α,β-unsaturated/α-hetero) is 1. The van der Waals surface area contributed by atoms with E-state index in [1.807, 2.05) is 121 Å². The van der Waals surface area contributed by atoms with E-state index in [4.69, 9.17) is 4.74 Å². The number of ketones is 1. The molecule has 13 nitrogen and oxygen atoms in total. The first-order chi connectivity index (χ1) is 28.8. The van der Waals surface area contributed by atoms with Gasteiger partial charge in [0.1, 0.15) is 5.78 Å². The summed E-state index contributed by atoms with van der Waals surface area (Å²) in [6, 6.07) is 23.9. The van der Waals surface area contributed by atoms with Crippen LogP contribution in [0.4, 0.5) is 0 Å². The molecule has 0 atom stereocenters. The summed E-state index contributed by atoms with van der Waals surface area (Å²) in [6.45, 7) is 19.6. The van der Waals surface area contributed by atoms with Gasteiger partial charge in [-0.2, -0.15) is 0 Å². The maximum Gasteiger partial charge on any atom is 0.253 e. The van der Waals surface area contributed by atoms with Crippen LogP contribution in [0.3, 0.4) is 0 Å². The maximum atomic E-state index is 12.2. The molecule has 0 spiro atoms. The Kier molecular flexibility index (Phi) is 28.9. The van der Waals surface area contributed by atoms with Crippen molar-refractivity contribution in [3.8, 4) is 0 Å². The number of rotatable bonds is 14. The van der Waals surface area contributed by atoms with Crippen LogP contribution in [-0.2, 0) is 22.6 Å². The van der Waals surface area contributed by atoms with Gasteiger partial charge in [-0.1, -0.05) is 68.4 Å². The van der Waals surface area contributed by atoms with Gasteiger partial charge in [0.2, 0.25) is 0 Å². The third-order valence-electron chi connectivity index (χ3n) is 10.3. The standard InChI is InChI=1S/C14H21N3O.C12H24N2O.C8H11N.C7H10N2.C5H12N2O/c1-15-7-8-16-9-11-17(12-10-16)14(18)13-5-3-2-4-6-13;1-10(2)12(15)11-4-7-14(8-5-11)9-6-13-3;1-9-7-8-5-3-2-4-6-8;1-8-5-7-3-2-4-9-6-7;1-6-7-2-4-8-5-3-7/h2-6,15H,7-12H2,1H3;10-11,13H,4-9H2,1-3H3;2-6,9H,7H2,1H3;2-4,6,8H,5H2,1H3;6H,2-5H2,1H3. The third kappa shape index (κ3) is 23.1. The molecule has 0 aliphatic carbocycles. The van der Waals surface area contributed by atoms with Gasteiger partial charge in [0, 0.05) is 108 Å². The molecule has 3 fully saturated rings. The van der Waals surface area contributed by atoms with E-state index >= 15 is 0 Å². The predicted molar refractivity (Wildman–Crippen MR) is 243 cm³/mol. The Hall–Kier alpha value is -3.63. The fraction of sp³-hybridized carbons (Fsp3) is 0.587. The molecule has 3 aromatic rings. The number of morpholine rings is 1. The minimum atomic E-state index is 0.156. The van der Waals surface area contributed by atoms with Gasteiger partial charge >= 0.3 is 0 Å². The Morgan fingerprint density at radius 2 is 1.19 bits per heavy atom. The number of piperidine rings is 1. The van der Waals surface area contributed by atoms with Crippen LogP contribution in [0.5, 0.6) is 0 Å². The van der Waals surface area contributed by atoms with Crippen LogP contribution in [0.25, 0.3) is 0 Å². The Morgan fingerprint density at radius 3 is 1.66 bits per heavy atom. The molecule has 0 unspecified atom stereocenters. The van der Waals surface area contributed by atoms with Crippen LogP contribution in [0.2, 0.25) is 0 Å². The van der Waals surface area contributed by atoms with Crippen molar-refractivity contribution in [1.29, 1.82) is 0 Å². The lowest BCUT2D eigenvalue weighted by Gasteiger charge is -2.34. The smallest absolute Gasteiger partial charge is 0.253 e. The summed E-state index contributed by atoms with van der Waals surface area (Å²) >= 11 is 0. The van der Waals surface area contributed by atoms with Crippen molar-refractivity contribution in [3.63, 3.8) is 0 Å².